The van der Waals surface area contributed by atoms with Gasteiger partial charge in [-0.2, -0.15) is 0 Å². The van der Waals surface area contributed by atoms with Gasteiger partial charge in [-0.25, -0.2) is 0 Å². The van der Waals surface area contributed by atoms with Gasteiger partial charge in [-0.3, -0.25) is 0 Å². The quantitative estimate of drug-likeness (QED) is 0.160. The highest BCUT2D eigenvalue weighted by atomic mass is 127. The molecule has 0 saturated heterocycles. The summed E-state index contributed by atoms with van der Waals surface area (Å²) in [6.07, 6.45) is 6.11. The number of halogens is 1. The van der Waals surface area contributed by atoms with Crippen molar-refractivity contribution in [3.05, 3.63) is 0 Å². The third-order valence-corrected chi connectivity index (χ3v) is 4.29. The molecule has 0 heterocycles. The van der Waals surface area contributed by atoms with Gasteiger partial charge >= 0.3 is 0 Å². The lowest BCUT2D eigenvalue weighted by molar-refractivity contribution is -0.148. The predicted molar refractivity (Wildman–Crippen MR) is 98.9 cm³/mol. The lowest BCUT2D eigenvalue weighted by atomic mass is 10.1. The molecule has 0 aromatic rings. The summed E-state index contributed by atoms with van der Waals surface area (Å²) in [5, 5.41) is 0. The largest absolute Gasteiger partial charge is 0.375 e. The van der Waals surface area contributed by atoms with Crippen LogP contribution in [0.3, 0.4) is 0 Å². The van der Waals surface area contributed by atoms with Crippen LogP contribution in [0.25, 0.3) is 0 Å². The molecule has 0 aliphatic carbocycles. The average molecular weight is 428 g/mol. The number of hydrogen-bond acceptors (Lipinski definition) is 4. The lowest BCUT2D eigenvalue weighted by Gasteiger charge is -2.30. The Morgan fingerprint density at radius 2 is 1.36 bits per heavy atom. The highest BCUT2D eigenvalue weighted by Crippen LogP contribution is 2.16. The number of unbranched alkanes of at least 4 members (excludes halogenated alkanes) is 3. The lowest BCUT2D eigenvalue weighted by Crippen LogP contribution is -2.45. The summed E-state index contributed by atoms with van der Waals surface area (Å²) in [4.78, 5) is 11.5. The summed E-state index contributed by atoms with van der Waals surface area (Å²) < 4.78 is 18.4. The SMILES string of the molecule is CCCCO[C@H]([C@@H](C=O)OCCCC)[C@@H](CI)OCCCC. The van der Waals surface area contributed by atoms with Crippen molar-refractivity contribution >= 4 is 28.9 Å². The maximum Gasteiger partial charge on any atom is 0.151 e. The monoisotopic (exact) mass is 428 g/mol. The highest BCUT2D eigenvalue weighted by molar-refractivity contribution is 14.1. The smallest absolute Gasteiger partial charge is 0.151 e. The third kappa shape index (κ3) is 10.1. The number of aldehydes is 1. The molecule has 0 fully saturated rings. The summed E-state index contributed by atoms with van der Waals surface area (Å²) in [7, 11) is 0. The minimum atomic E-state index is -0.537. The summed E-state index contributed by atoms with van der Waals surface area (Å²) in [5.41, 5.74) is 0. The Labute approximate surface area is 149 Å². The third-order valence-electron chi connectivity index (χ3n) is 3.42. The van der Waals surface area contributed by atoms with E-state index in [0.717, 1.165) is 49.2 Å². The van der Waals surface area contributed by atoms with Gasteiger partial charge in [0, 0.05) is 24.2 Å². The van der Waals surface area contributed by atoms with Gasteiger partial charge in [0.1, 0.15) is 12.2 Å². The number of hydrogen-bond donors (Lipinski definition) is 0. The van der Waals surface area contributed by atoms with Gasteiger partial charge < -0.3 is 19.0 Å². The van der Waals surface area contributed by atoms with Gasteiger partial charge in [0.15, 0.2) is 6.29 Å². The summed E-state index contributed by atoms with van der Waals surface area (Å²) in [5.74, 6) is 0. The number of ether oxygens (including phenoxy) is 3. The zero-order valence-corrected chi connectivity index (χ0v) is 16.5. The first-order valence-electron chi connectivity index (χ1n) is 8.61. The van der Waals surface area contributed by atoms with Gasteiger partial charge in [0.05, 0.1) is 6.10 Å². The van der Waals surface area contributed by atoms with Crippen LogP contribution in [-0.4, -0.2) is 48.8 Å². The summed E-state index contributed by atoms with van der Waals surface area (Å²) in [6, 6.07) is 0. The summed E-state index contributed by atoms with van der Waals surface area (Å²) in [6.45, 7) is 8.32. The molecule has 0 aliphatic heterocycles. The fourth-order valence-corrected chi connectivity index (χ4v) is 2.71. The van der Waals surface area contributed by atoms with E-state index in [9.17, 15) is 4.79 Å². The van der Waals surface area contributed by atoms with Crippen LogP contribution < -0.4 is 0 Å². The van der Waals surface area contributed by atoms with Crippen molar-refractivity contribution in [1.82, 2.24) is 0 Å². The zero-order chi connectivity index (χ0) is 16.6. The van der Waals surface area contributed by atoms with E-state index < -0.39 is 6.10 Å². The van der Waals surface area contributed by atoms with Crippen molar-refractivity contribution < 1.29 is 19.0 Å². The highest BCUT2D eigenvalue weighted by Gasteiger charge is 2.31. The maximum absolute atomic E-state index is 11.5. The first-order valence-corrected chi connectivity index (χ1v) is 10.1. The first kappa shape index (κ1) is 22.3. The number of carbonyl (C=O) groups excluding carboxylic acids is 1. The van der Waals surface area contributed by atoms with Crippen LogP contribution >= 0.6 is 22.6 Å². The number of carbonyl (C=O) groups is 1. The molecule has 0 aliphatic rings. The second-order valence-corrected chi connectivity index (χ2v) is 6.31. The Balaban J connectivity index is 4.66. The van der Waals surface area contributed by atoms with Crippen molar-refractivity contribution in [3.8, 4) is 0 Å². The second-order valence-electron chi connectivity index (χ2n) is 5.43. The van der Waals surface area contributed by atoms with Crippen molar-refractivity contribution in [2.45, 2.75) is 77.6 Å². The maximum atomic E-state index is 11.5. The molecular formula is C17H33IO4. The minimum Gasteiger partial charge on any atom is -0.375 e. The average Bonchev–Trinajstić information content (AvgIpc) is 2.54. The van der Waals surface area contributed by atoms with E-state index in [-0.39, 0.29) is 12.2 Å². The van der Waals surface area contributed by atoms with Crippen molar-refractivity contribution in [1.29, 1.82) is 0 Å². The zero-order valence-electron chi connectivity index (χ0n) is 14.4. The van der Waals surface area contributed by atoms with E-state index in [1.165, 1.54) is 0 Å². The molecule has 0 aromatic heterocycles. The fraction of sp³-hybridized carbons (Fsp3) is 0.941. The van der Waals surface area contributed by atoms with Gasteiger partial charge in [-0.1, -0.05) is 62.6 Å². The van der Waals surface area contributed by atoms with Gasteiger partial charge in [0.2, 0.25) is 0 Å². The molecule has 0 saturated carbocycles. The molecule has 3 atom stereocenters. The number of alkyl halides is 1. The van der Waals surface area contributed by atoms with Gasteiger partial charge in [-0.05, 0) is 19.3 Å². The van der Waals surface area contributed by atoms with Crippen molar-refractivity contribution in [2.24, 2.45) is 0 Å². The molecule has 0 unspecified atom stereocenters. The molecular weight excluding hydrogens is 395 g/mol. The van der Waals surface area contributed by atoms with E-state index in [1.54, 1.807) is 0 Å². The first-order chi connectivity index (χ1) is 10.7. The van der Waals surface area contributed by atoms with Crippen LogP contribution in [0.15, 0.2) is 0 Å². The van der Waals surface area contributed by atoms with Crippen LogP contribution in [0.4, 0.5) is 0 Å². The van der Waals surface area contributed by atoms with E-state index in [0.29, 0.717) is 19.8 Å². The van der Waals surface area contributed by atoms with Crippen LogP contribution in [-0.2, 0) is 19.0 Å². The molecule has 22 heavy (non-hydrogen) atoms. The molecule has 0 aromatic carbocycles. The molecule has 0 bridgehead atoms. The topological polar surface area (TPSA) is 44.8 Å². The molecule has 0 amide bonds. The van der Waals surface area contributed by atoms with E-state index in [4.69, 9.17) is 14.2 Å². The Kier molecular flexibility index (Phi) is 16.4. The Morgan fingerprint density at radius 3 is 1.82 bits per heavy atom. The number of rotatable bonds is 16. The van der Waals surface area contributed by atoms with E-state index in [2.05, 4.69) is 43.4 Å². The Hall–Kier alpha value is 0.280. The van der Waals surface area contributed by atoms with E-state index in [1.807, 2.05) is 0 Å². The molecule has 4 nitrogen and oxygen atoms in total. The molecule has 0 spiro atoms. The second kappa shape index (κ2) is 16.1. The van der Waals surface area contributed by atoms with Crippen LogP contribution in [0.2, 0.25) is 0 Å². The van der Waals surface area contributed by atoms with Crippen LogP contribution in [0.1, 0.15) is 59.3 Å². The van der Waals surface area contributed by atoms with Crippen molar-refractivity contribution in [2.75, 3.05) is 24.2 Å². The normalized spacial score (nSPS) is 15.5. The minimum absolute atomic E-state index is 0.0965. The fourth-order valence-electron chi connectivity index (χ4n) is 1.96. The molecule has 5 heteroatoms. The molecule has 0 rings (SSSR count). The van der Waals surface area contributed by atoms with Gasteiger partial charge in [-0.15, -0.1) is 0 Å². The van der Waals surface area contributed by atoms with Gasteiger partial charge in [0.25, 0.3) is 0 Å². The van der Waals surface area contributed by atoms with Crippen LogP contribution in [0.5, 0.6) is 0 Å². The van der Waals surface area contributed by atoms with Crippen LogP contribution in [0, 0.1) is 0 Å². The molecule has 132 valence electrons. The standard InChI is InChI=1S/C17H33IO4/c1-4-7-10-20-15(13-18)17(22-12-9-6-3)16(14-19)21-11-8-5-2/h14-17H,4-13H2,1-3H3/t15-,16-,17+/m1/s1. The van der Waals surface area contributed by atoms with E-state index >= 15 is 0 Å². The Morgan fingerprint density at radius 1 is 0.864 bits per heavy atom. The van der Waals surface area contributed by atoms with Crippen molar-refractivity contribution in [3.63, 3.8) is 0 Å². The molecule has 0 N–H and O–H groups in total. The summed E-state index contributed by atoms with van der Waals surface area (Å²) >= 11 is 2.30. The predicted octanol–water partition coefficient (Wildman–Crippen LogP) is 4.18. The Bertz CT molecular complexity index is 251. The molecule has 0 radical (unpaired) electrons.